The van der Waals surface area contributed by atoms with Gasteiger partial charge in [-0.2, -0.15) is 0 Å². The van der Waals surface area contributed by atoms with Gasteiger partial charge in [0, 0.05) is 13.1 Å². The number of benzene rings is 1. The van der Waals surface area contributed by atoms with Crippen LogP contribution in [0.25, 0.3) is 0 Å². The molecule has 4 heteroatoms. The number of fused-ring (bicyclic) bond motifs is 2. The molecule has 2 aliphatic heterocycles. The summed E-state index contributed by atoms with van der Waals surface area (Å²) in [6, 6.07) is 8.44. The van der Waals surface area contributed by atoms with E-state index in [0.29, 0.717) is 19.7 Å². The molecule has 0 N–H and O–H groups in total. The molecule has 1 aromatic rings. The number of nitrogens with zero attached hydrogens (tertiary/aromatic N) is 1. The lowest BCUT2D eigenvalue weighted by Crippen LogP contribution is -2.45. The zero-order chi connectivity index (χ0) is 14.2. The van der Waals surface area contributed by atoms with Crippen LogP contribution in [0.15, 0.2) is 24.3 Å². The topological polar surface area (TPSA) is 38.8 Å². The second-order valence-electron chi connectivity index (χ2n) is 5.53. The van der Waals surface area contributed by atoms with E-state index < -0.39 is 0 Å². The number of carbonyl (C=O) groups excluding carboxylic acids is 1. The SMILES string of the molecule is CCOC(=O)N1CCC2(CC1)O[C@H](C)c1ccccc12. The van der Waals surface area contributed by atoms with Gasteiger partial charge in [0.1, 0.15) is 0 Å². The van der Waals surface area contributed by atoms with Crippen LogP contribution in [0, 0.1) is 0 Å². The Morgan fingerprint density at radius 3 is 2.80 bits per heavy atom. The summed E-state index contributed by atoms with van der Waals surface area (Å²) < 4.78 is 11.3. The first-order chi connectivity index (χ1) is 9.66. The summed E-state index contributed by atoms with van der Waals surface area (Å²) in [6.07, 6.45) is 1.61. The third kappa shape index (κ3) is 2.08. The molecule has 1 amide bonds. The Bertz CT molecular complexity index is 506. The maximum Gasteiger partial charge on any atom is 0.409 e. The molecule has 1 spiro atoms. The Balaban J connectivity index is 1.77. The van der Waals surface area contributed by atoms with Gasteiger partial charge in [0.05, 0.1) is 18.3 Å². The molecule has 4 nitrogen and oxygen atoms in total. The summed E-state index contributed by atoms with van der Waals surface area (Å²) in [7, 11) is 0. The van der Waals surface area contributed by atoms with Crippen LogP contribution in [0.2, 0.25) is 0 Å². The monoisotopic (exact) mass is 275 g/mol. The smallest absolute Gasteiger partial charge is 0.409 e. The average molecular weight is 275 g/mol. The van der Waals surface area contributed by atoms with Gasteiger partial charge in [-0.25, -0.2) is 4.79 Å². The Labute approximate surface area is 119 Å². The predicted molar refractivity (Wildman–Crippen MR) is 75.4 cm³/mol. The molecule has 0 radical (unpaired) electrons. The lowest BCUT2D eigenvalue weighted by Gasteiger charge is -2.39. The highest BCUT2D eigenvalue weighted by Crippen LogP contribution is 2.48. The zero-order valence-electron chi connectivity index (χ0n) is 12.1. The van der Waals surface area contributed by atoms with E-state index in [1.165, 1.54) is 11.1 Å². The molecule has 1 atom stereocenters. The number of hydrogen-bond acceptors (Lipinski definition) is 3. The molecule has 1 saturated heterocycles. The van der Waals surface area contributed by atoms with Gasteiger partial charge in [-0.15, -0.1) is 0 Å². The van der Waals surface area contributed by atoms with Gasteiger partial charge in [0.15, 0.2) is 0 Å². The number of rotatable bonds is 1. The van der Waals surface area contributed by atoms with Gasteiger partial charge in [-0.3, -0.25) is 0 Å². The fourth-order valence-corrected chi connectivity index (χ4v) is 3.38. The van der Waals surface area contributed by atoms with Crippen LogP contribution >= 0.6 is 0 Å². The largest absolute Gasteiger partial charge is 0.450 e. The summed E-state index contributed by atoms with van der Waals surface area (Å²) in [5, 5.41) is 0. The number of likely N-dealkylation sites (tertiary alicyclic amines) is 1. The molecule has 0 unspecified atom stereocenters. The summed E-state index contributed by atoms with van der Waals surface area (Å²) in [6.45, 7) is 5.75. The lowest BCUT2D eigenvalue weighted by atomic mass is 9.83. The predicted octanol–water partition coefficient (Wildman–Crippen LogP) is 3.23. The first-order valence-corrected chi connectivity index (χ1v) is 7.35. The van der Waals surface area contributed by atoms with Crippen molar-refractivity contribution in [1.82, 2.24) is 4.90 Å². The van der Waals surface area contributed by atoms with Gasteiger partial charge in [-0.1, -0.05) is 24.3 Å². The van der Waals surface area contributed by atoms with Gasteiger partial charge in [-0.05, 0) is 37.8 Å². The molecule has 2 heterocycles. The van der Waals surface area contributed by atoms with Crippen molar-refractivity contribution in [3.8, 4) is 0 Å². The van der Waals surface area contributed by atoms with Crippen LogP contribution < -0.4 is 0 Å². The third-order valence-corrected chi connectivity index (χ3v) is 4.39. The van der Waals surface area contributed by atoms with Crippen LogP contribution in [0.5, 0.6) is 0 Å². The van der Waals surface area contributed by atoms with Crippen molar-refractivity contribution in [2.24, 2.45) is 0 Å². The van der Waals surface area contributed by atoms with E-state index in [2.05, 4.69) is 31.2 Å². The minimum Gasteiger partial charge on any atom is -0.450 e. The van der Waals surface area contributed by atoms with E-state index >= 15 is 0 Å². The lowest BCUT2D eigenvalue weighted by molar-refractivity contribution is -0.101. The molecule has 1 fully saturated rings. The summed E-state index contributed by atoms with van der Waals surface area (Å²) >= 11 is 0. The minimum absolute atomic E-state index is 0.139. The number of ether oxygens (including phenoxy) is 2. The maximum atomic E-state index is 11.8. The molecule has 1 aromatic carbocycles. The normalized spacial score (nSPS) is 23.7. The van der Waals surface area contributed by atoms with E-state index in [1.54, 1.807) is 4.90 Å². The number of amides is 1. The van der Waals surface area contributed by atoms with E-state index in [-0.39, 0.29) is 17.8 Å². The van der Waals surface area contributed by atoms with Crippen LogP contribution in [-0.2, 0) is 15.1 Å². The molecule has 0 bridgehead atoms. The van der Waals surface area contributed by atoms with Crippen molar-refractivity contribution < 1.29 is 14.3 Å². The van der Waals surface area contributed by atoms with Crippen molar-refractivity contribution in [3.63, 3.8) is 0 Å². The molecular formula is C16H21NO3. The highest BCUT2D eigenvalue weighted by atomic mass is 16.6. The van der Waals surface area contributed by atoms with E-state index in [4.69, 9.17) is 9.47 Å². The van der Waals surface area contributed by atoms with Crippen LogP contribution in [-0.4, -0.2) is 30.7 Å². The molecule has 3 rings (SSSR count). The van der Waals surface area contributed by atoms with E-state index in [9.17, 15) is 4.79 Å². The zero-order valence-corrected chi connectivity index (χ0v) is 12.1. The van der Waals surface area contributed by atoms with Gasteiger partial charge in [0.2, 0.25) is 0 Å². The van der Waals surface area contributed by atoms with Gasteiger partial charge < -0.3 is 14.4 Å². The highest BCUT2D eigenvalue weighted by molar-refractivity contribution is 5.67. The number of carbonyl (C=O) groups is 1. The average Bonchev–Trinajstić information content (AvgIpc) is 2.74. The van der Waals surface area contributed by atoms with Crippen LogP contribution in [0.4, 0.5) is 4.79 Å². The molecule has 0 aliphatic carbocycles. The number of hydrogen-bond donors (Lipinski definition) is 0. The summed E-state index contributed by atoms with van der Waals surface area (Å²) in [5.74, 6) is 0. The van der Waals surface area contributed by atoms with Crippen molar-refractivity contribution in [2.75, 3.05) is 19.7 Å². The fourth-order valence-electron chi connectivity index (χ4n) is 3.38. The van der Waals surface area contributed by atoms with Crippen LogP contribution in [0.1, 0.15) is 43.9 Å². The Morgan fingerprint density at radius 1 is 1.40 bits per heavy atom. The second-order valence-corrected chi connectivity index (χ2v) is 5.53. The standard InChI is InChI=1S/C16H21NO3/c1-3-19-15(18)17-10-8-16(9-11-17)14-7-5-4-6-13(14)12(2)20-16/h4-7,12H,3,8-11H2,1-2H3/t12-/m1/s1. The van der Waals surface area contributed by atoms with Crippen LogP contribution in [0.3, 0.4) is 0 Å². The summed E-state index contributed by atoms with van der Waals surface area (Å²) in [5.41, 5.74) is 2.38. The first-order valence-electron chi connectivity index (χ1n) is 7.35. The van der Waals surface area contributed by atoms with Crippen molar-refractivity contribution >= 4 is 6.09 Å². The molecular weight excluding hydrogens is 254 g/mol. The Morgan fingerprint density at radius 2 is 2.10 bits per heavy atom. The van der Waals surface area contributed by atoms with Gasteiger partial charge >= 0.3 is 6.09 Å². The highest BCUT2D eigenvalue weighted by Gasteiger charge is 2.45. The van der Waals surface area contributed by atoms with Crippen molar-refractivity contribution in [3.05, 3.63) is 35.4 Å². The maximum absolute atomic E-state index is 11.8. The Hall–Kier alpha value is -1.55. The second kappa shape index (κ2) is 5.09. The molecule has 20 heavy (non-hydrogen) atoms. The minimum atomic E-state index is -0.209. The number of piperidine rings is 1. The van der Waals surface area contributed by atoms with Crippen molar-refractivity contribution in [2.45, 2.75) is 38.4 Å². The molecule has 0 aromatic heterocycles. The van der Waals surface area contributed by atoms with E-state index in [0.717, 1.165) is 12.8 Å². The third-order valence-electron chi connectivity index (χ3n) is 4.39. The fraction of sp³-hybridized carbons (Fsp3) is 0.562. The molecule has 2 aliphatic rings. The first kappa shape index (κ1) is 13.4. The summed E-state index contributed by atoms with van der Waals surface area (Å²) in [4.78, 5) is 13.6. The molecule has 0 saturated carbocycles. The molecule has 108 valence electrons. The van der Waals surface area contributed by atoms with E-state index in [1.807, 2.05) is 6.92 Å². The Kier molecular flexibility index (Phi) is 3.42. The quantitative estimate of drug-likeness (QED) is 0.790. The van der Waals surface area contributed by atoms with Gasteiger partial charge in [0.25, 0.3) is 0 Å². The van der Waals surface area contributed by atoms with Crippen molar-refractivity contribution in [1.29, 1.82) is 0 Å².